The Morgan fingerprint density at radius 3 is 2.19 bits per heavy atom. The minimum atomic E-state index is -0.568. The van der Waals surface area contributed by atoms with Crippen LogP contribution < -0.4 is 10.6 Å². The number of carbonyl (C=O) groups is 3. The maximum atomic E-state index is 12.5. The van der Waals surface area contributed by atoms with Gasteiger partial charge in [0.25, 0.3) is 5.91 Å². The third kappa shape index (κ3) is 5.82. The maximum Gasteiger partial charge on any atom is 0.349 e. The van der Waals surface area contributed by atoms with E-state index in [2.05, 4.69) is 10.6 Å². The summed E-state index contributed by atoms with van der Waals surface area (Å²) >= 11 is 1.26. The molecule has 2 aromatic carbocycles. The van der Waals surface area contributed by atoms with Gasteiger partial charge in [-0.25, -0.2) is 4.79 Å². The van der Waals surface area contributed by atoms with Crippen molar-refractivity contribution in [3.05, 3.63) is 75.0 Å². The van der Waals surface area contributed by atoms with E-state index in [1.807, 2.05) is 75.5 Å². The summed E-state index contributed by atoms with van der Waals surface area (Å²) in [5.74, 6) is -1.46. The van der Waals surface area contributed by atoms with E-state index >= 15 is 0 Å². The molecule has 0 aliphatic rings. The van der Waals surface area contributed by atoms with Crippen LogP contribution in [0.3, 0.4) is 0 Å². The lowest BCUT2D eigenvalue weighted by Gasteiger charge is -2.13. The second-order valence-corrected chi connectivity index (χ2v) is 8.62. The molecule has 2 amide bonds. The smallest absolute Gasteiger partial charge is 0.349 e. The highest BCUT2D eigenvalue weighted by Gasteiger charge is 2.18. The first-order valence-corrected chi connectivity index (χ1v) is 11.1. The van der Waals surface area contributed by atoms with Crippen LogP contribution in [0.5, 0.6) is 0 Å². The summed E-state index contributed by atoms with van der Waals surface area (Å²) in [6.07, 6.45) is 0. The van der Waals surface area contributed by atoms with Gasteiger partial charge in [0.05, 0.1) is 6.54 Å². The molecule has 2 N–H and O–H groups in total. The Kier molecular flexibility index (Phi) is 7.43. The molecule has 0 fully saturated rings. The normalized spacial score (nSPS) is 10.5. The molecule has 3 aromatic rings. The highest BCUT2D eigenvalue weighted by atomic mass is 32.1. The van der Waals surface area contributed by atoms with E-state index in [4.69, 9.17) is 4.74 Å². The monoisotopic (exact) mass is 450 g/mol. The van der Waals surface area contributed by atoms with Crippen molar-refractivity contribution >= 4 is 34.8 Å². The average molecular weight is 451 g/mol. The van der Waals surface area contributed by atoms with Gasteiger partial charge < -0.3 is 15.4 Å². The number of aryl methyl sites for hydroxylation is 4. The number of hydrogen-bond acceptors (Lipinski definition) is 5. The molecule has 166 valence electrons. The zero-order chi connectivity index (χ0) is 23.3. The Morgan fingerprint density at radius 1 is 0.875 bits per heavy atom. The minimum absolute atomic E-state index is 0.212. The lowest BCUT2D eigenvalue weighted by Crippen LogP contribution is -2.35. The molecule has 0 unspecified atom stereocenters. The van der Waals surface area contributed by atoms with Crippen LogP contribution in [0.2, 0.25) is 0 Å². The summed E-state index contributed by atoms with van der Waals surface area (Å²) in [7, 11) is 0. The molecule has 0 saturated heterocycles. The van der Waals surface area contributed by atoms with E-state index in [-0.39, 0.29) is 12.5 Å². The number of hydrogen-bond donors (Lipinski definition) is 2. The standard InChI is InChI=1S/C25H26N2O4S/c1-15-5-7-19(8-6-15)20-9-10-32-24(20)25(30)31-14-22(29)26-13-21(28)27-23-17(3)11-16(2)12-18(23)4/h5-12H,13-14H2,1-4H3,(H,26,29)(H,27,28). The molecule has 1 aromatic heterocycles. The molecule has 32 heavy (non-hydrogen) atoms. The van der Waals surface area contributed by atoms with Crippen molar-refractivity contribution in [2.24, 2.45) is 0 Å². The Morgan fingerprint density at radius 2 is 1.53 bits per heavy atom. The fourth-order valence-electron chi connectivity index (χ4n) is 3.42. The molecule has 7 heteroatoms. The zero-order valence-corrected chi connectivity index (χ0v) is 19.4. The summed E-state index contributed by atoms with van der Waals surface area (Å²) in [5, 5.41) is 7.11. The largest absolute Gasteiger partial charge is 0.451 e. The van der Waals surface area contributed by atoms with E-state index < -0.39 is 18.5 Å². The minimum Gasteiger partial charge on any atom is -0.451 e. The topological polar surface area (TPSA) is 84.5 Å². The molecular formula is C25H26N2O4S. The fraction of sp³-hybridized carbons (Fsp3) is 0.240. The van der Waals surface area contributed by atoms with Crippen molar-refractivity contribution in [2.45, 2.75) is 27.7 Å². The Hall–Kier alpha value is -3.45. The van der Waals surface area contributed by atoms with Crippen LogP contribution in [0.1, 0.15) is 31.9 Å². The summed E-state index contributed by atoms with van der Waals surface area (Å²) in [4.78, 5) is 37.2. The van der Waals surface area contributed by atoms with Gasteiger partial charge in [-0.15, -0.1) is 11.3 Å². The number of rotatable bonds is 7. The third-order valence-electron chi connectivity index (χ3n) is 4.94. The van der Waals surface area contributed by atoms with Crippen molar-refractivity contribution in [3.63, 3.8) is 0 Å². The van der Waals surface area contributed by atoms with Crippen molar-refractivity contribution in [1.82, 2.24) is 5.32 Å². The Labute approximate surface area is 191 Å². The molecule has 0 radical (unpaired) electrons. The van der Waals surface area contributed by atoms with Gasteiger partial charge in [0, 0.05) is 11.3 Å². The molecule has 3 rings (SSSR count). The van der Waals surface area contributed by atoms with Crippen LogP contribution in [0.4, 0.5) is 5.69 Å². The Bertz CT molecular complexity index is 1130. The summed E-state index contributed by atoms with van der Waals surface area (Å²) in [5.41, 5.74) is 6.57. The van der Waals surface area contributed by atoms with Gasteiger partial charge >= 0.3 is 5.97 Å². The molecule has 0 aliphatic carbocycles. The van der Waals surface area contributed by atoms with Crippen LogP contribution in [0, 0.1) is 27.7 Å². The number of benzene rings is 2. The molecule has 0 saturated carbocycles. The van der Waals surface area contributed by atoms with Crippen LogP contribution >= 0.6 is 11.3 Å². The number of carbonyl (C=O) groups excluding carboxylic acids is 3. The fourth-order valence-corrected chi connectivity index (χ4v) is 4.22. The van der Waals surface area contributed by atoms with Gasteiger partial charge in [-0.1, -0.05) is 47.5 Å². The summed E-state index contributed by atoms with van der Waals surface area (Å²) < 4.78 is 5.16. The number of anilines is 1. The highest BCUT2D eigenvalue weighted by molar-refractivity contribution is 7.12. The lowest BCUT2D eigenvalue weighted by atomic mass is 10.1. The maximum absolute atomic E-state index is 12.5. The zero-order valence-electron chi connectivity index (χ0n) is 18.6. The second-order valence-electron chi connectivity index (χ2n) is 7.70. The van der Waals surface area contributed by atoms with Gasteiger partial charge in [-0.05, 0) is 55.8 Å². The van der Waals surface area contributed by atoms with Crippen molar-refractivity contribution in [1.29, 1.82) is 0 Å². The number of esters is 1. The van der Waals surface area contributed by atoms with Gasteiger partial charge in [-0.3, -0.25) is 9.59 Å². The molecule has 0 atom stereocenters. The number of ether oxygens (including phenoxy) is 1. The number of thiophene rings is 1. The Balaban J connectivity index is 1.50. The van der Waals surface area contributed by atoms with Gasteiger partial charge in [-0.2, -0.15) is 0 Å². The molecule has 0 aliphatic heterocycles. The average Bonchev–Trinajstić information content (AvgIpc) is 3.23. The number of nitrogens with one attached hydrogen (secondary N) is 2. The summed E-state index contributed by atoms with van der Waals surface area (Å²) in [6.45, 7) is 7.16. The quantitative estimate of drug-likeness (QED) is 0.517. The van der Waals surface area contributed by atoms with Crippen LogP contribution in [0.15, 0.2) is 47.8 Å². The van der Waals surface area contributed by atoms with E-state index in [0.717, 1.165) is 39.1 Å². The van der Waals surface area contributed by atoms with Crippen molar-refractivity contribution in [3.8, 4) is 11.1 Å². The van der Waals surface area contributed by atoms with E-state index in [0.29, 0.717) is 4.88 Å². The SMILES string of the molecule is Cc1ccc(-c2ccsc2C(=O)OCC(=O)NCC(=O)Nc2c(C)cc(C)cc2C)cc1. The third-order valence-corrected chi connectivity index (χ3v) is 5.83. The lowest BCUT2D eigenvalue weighted by molar-refractivity contribution is -0.126. The summed E-state index contributed by atoms with van der Waals surface area (Å²) in [6, 6.07) is 13.6. The van der Waals surface area contributed by atoms with Crippen LogP contribution in [-0.2, 0) is 14.3 Å². The van der Waals surface area contributed by atoms with Crippen LogP contribution in [0.25, 0.3) is 11.1 Å². The highest BCUT2D eigenvalue weighted by Crippen LogP contribution is 2.29. The van der Waals surface area contributed by atoms with Crippen molar-refractivity contribution < 1.29 is 19.1 Å². The van der Waals surface area contributed by atoms with Crippen molar-refractivity contribution in [2.75, 3.05) is 18.5 Å². The molecule has 0 spiro atoms. The predicted molar refractivity (Wildman–Crippen MR) is 127 cm³/mol. The molecule has 0 bridgehead atoms. The van der Waals surface area contributed by atoms with E-state index in [1.165, 1.54) is 11.3 Å². The number of amides is 2. The van der Waals surface area contributed by atoms with Crippen LogP contribution in [-0.4, -0.2) is 30.9 Å². The first-order chi connectivity index (χ1) is 15.2. The van der Waals surface area contributed by atoms with Gasteiger partial charge in [0.15, 0.2) is 6.61 Å². The van der Waals surface area contributed by atoms with Gasteiger partial charge in [0.1, 0.15) is 4.88 Å². The molecular weight excluding hydrogens is 424 g/mol. The predicted octanol–water partition coefficient (Wildman–Crippen LogP) is 4.56. The first-order valence-electron chi connectivity index (χ1n) is 10.2. The molecule has 6 nitrogen and oxygen atoms in total. The van der Waals surface area contributed by atoms with E-state index in [9.17, 15) is 14.4 Å². The van der Waals surface area contributed by atoms with Gasteiger partial charge in [0.2, 0.25) is 5.91 Å². The first kappa shape index (κ1) is 23.2. The van der Waals surface area contributed by atoms with E-state index in [1.54, 1.807) is 0 Å². The second kappa shape index (κ2) is 10.2. The molecule has 1 heterocycles.